The van der Waals surface area contributed by atoms with Crippen molar-refractivity contribution in [2.45, 2.75) is 39.0 Å². The van der Waals surface area contributed by atoms with Gasteiger partial charge < -0.3 is 15.0 Å². The third-order valence-electron chi connectivity index (χ3n) is 6.24. The number of alkyl halides is 2. The van der Waals surface area contributed by atoms with E-state index in [9.17, 15) is 18.0 Å². The summed E-state index contributed by atoms with van der Waals surface area (Å²) in [6, 6.07) is 13.4. The number of fused-ring (bicyclic) bond motifs is 1. The summed E-state index contributed by atoms with van der Waals surface area (Å²) < 4.78 is 46.3. The fraction of sp³-hybridized carbons (Fsp3) is 0.286. The smallest absolute Gasteiger partial charge is 0.263 e. The van der Waals surface area contributed by atoms with Crippen molar-refractivity contribution in [2.75, 3.05) is 18.0 Å². The molecule has 1 fully saturated rings. The van der Waals surface area contributed by atoms with Crippen LogP contribution in [0.5, 0.6) is 0 Å². The van der Waals surface area contributed by atoms with E-state index < -0.39 is 18.1 Å². The maximum atomic E-state index is 14.6. The number of anilines is 1. The second-order valence-corrected chi connectivity index (χ2v) is 9.36. The number of benzene rings is 1. The standard InChI is InChI=1S/C28H26F3N5O2/c1-16-14-36(15-17(2)38-16)26-10-21(29)9-25(35-26)23-7-6-20-12-32-22(11-24(20)34-23)13-33-28(37)19-5-3-4-18(8-19)27(30)31/h3-12,16-17,27H,13-15H2,1-2H3,(H,33,37)/t16-,17+. The zero-order valence-corrected chi connectivity index (χ0v) is 20.9. The van der Waals surface area contributed by atoms with Gasteiger partial charge in [-0.25, -0.2) is 23.1 Å². The highest BCUT2D eigenvalue weighted by molar-refractivity contribution is 5.94. The average molecular weight is 522 g/mol. The third-order valence-corrected chi connectivity index (χ3v) is 6.24. The first-order chi connectivity index (χ1) is 18.2. The van der Waals surface area contributed by atoms with Crippen LogP contribution in [0.2, 0.25) is 0 Å². The van der Waals surface area contributed by atoms with Crippen molar-refractivity contribution < 1.29 is 22.7 Å². The van der Waals surface area contributed by atoms with E-state index >= 15 is 0 Å². The van der Waals surface area contributed by atoms with Gasteiger partial charge in [0.15, 0.2) is 0 Å². The Balaban J connectivity index is 1.36. The number of nitrogens with zero attached hydrogens (tertiary/aromatic N) is 4. The molecule has 1 saturated heterocycles. The Labute approximate surface area is 217 Å². The molecule has 0 saturated carbocycles. The minimum absolute atomic E-state index is 0.00530. The van der Waals surface area contributed by atoms with E-state index in [1.807, 2.05) is 24.8 Å². The molecule has 3 aromatic heterocycles. The molecule has 38 heavy (non-hydrogen) atoms. The molecular weight excluding hydrogens is 495 g/mol. The normalized spacial score (nSPS) is 17.7. The molecule has 196 valence electrons. The molecule has 1 N–H and O–H groups in total. The fourth-order valence-electron chi connectivity index (χ4n) is 4.53. The van der Waals surface area contributed by atoms with Crippen LogP contribution in [0.1, 0.15) is 41.9 Å². The van der Waals surface area contributed by atoms with Crippen LogP contribution in [-0.2, 0) is 11.3 Å². The van der Waals surface area contributed by atoms with E-state index in [1.54, 1.807) is 18.3 Å². The lowest BCUT2D eigenvalue weighted by Crippen LogP contribution is -2.45. The van der Waals surface area contributed by atoms with Gasteiger partial charge in [-0.2, -0.15) is 0 Å². The van der Waals surface area contributed by atoms with Crippen LogP contribution in [0.3, 0.4) is 0 Å². The van der Waals surface area contributed by atoms with Crippen molar-refractivity contribution in [3.63, 3.8) is 0 Å². The van der Waals surface area contributed by atoms with Gasteiger partial charge >= 0.3 is 0 Å². The summed E-state index contributed by atoms with van der Waals surface area (Å²) >= 11 is 0. The number of hydrogen-bond acceptors (Lipinski definition) is 6. The van der Waals surface area contributed by atoms with E-state index in [0.29, 0.717) is 41.5 Å². The highest BCUT2D eigenvalue weighted by Crippen LogP contribution is 2.26. The number of halogens is 3. The van der Waals surface area contributed by atoms with Crippen LogP contribution in [0.25, 0.3) is 22.3 Å². The molecule has 7 nitrogen and oxygen atoms in total. The number of rotatable bonds is 6. The molecule has 0 unspecified atom stereocenters. The van der Waals surface area contributed by atoms with Crippen LogP contribution in [0.15, 0.2) is 60.8 Å². The van der Waals surface area contributed by atoms with Crippen LogP contribution < -0.4 is 10.2 Å². The summed E-state index contributed by atoms with van der Waals surface area (Å²) in [4.78, 5) is 28.2. The topological polar surface area (TPSA) is 80.2 Å². The zero-order chi connectivity index (χ0) is 26.8. The van der Waals surface area contributed by atoms with Crippen molar-refractivity contribution in [3.05, 3.63) is 83.4 Å². The number of aromatic nitrogens is 3. The Morgan fingerprint density at radius 2 is 1.84 bits per heavy atom. The van der Waals surface area contributed by atoms with Gasteiger partial charge in [0.1, 0.15) is 11.6 Å². The van der Waals surface area contributed by atoms with Gasteiger partial charge in [0.2, 0.25) is 0 Å². The molecule has 4 heterocycles. The van der Waals surface area contributed by atoms with E-state index in [4.69, 9.17) is 4.74 Å². The second-order valence-electron chi connectivity index (χ2n) is 9.36. The van der Waals surface area contributed by atoms with Gasteiger partial charge in [-0.3, -0.25) is 9.78 Å². The summed E-state index contributed by atoms with van der Waals surface area (Å²) in [5, 5.41) is 3.46. The number of pyridine rings is 3. The number of hydrogen-bond donors (Lipinski definition) is 1. The maximum absolute atomic E-state index is 14.6. The minimum atomic E-state index is -2.66. The number of carbonyl (C=O) groups is 1. The lowest BCUT2D eigenvalue weighted by atomic mass is 10.1. The molecule has 1 aromatic carbocycles. The Hall–Kier alpha value is -4.05. The molecule has 0 aliphatic carbocycles. The second kappa shape index (κ2) is 10.7. The van der Waals surface area contributed by atoms with E-state index in [1.165, 1.54) is 36.4 Å². The molecule has 0 bridgehead atoms. The molecule has 0 spiro atoms. The Morgan fingerprint density at radius 1 is 1.05 bits per heavy atom. The van der Waals surface area contributed by atoms with Crippen LogP contribution >= 0.6 is 0 Å². The lowest BCUT2D eigenvalue weighted by Gasteiger charge is -2.36. The summed E-state index contributed by atoms with van der Waals surface area (Å²) in [6.45, 7) is 5.25. The van der Waals surface area contributed by atoms with Gasteiger partial charge in [-0.1, -0.05) is 12.1 Å². The summed E-state index contributed by atoms with van der Waals surface area (Å²) in [6.07, 6.45) is -1.02. The first-order valence-corrected chi connectivity index (χ1v) is 12.3. The van der Waals surface area contributed by atoms with Crippen LogP contribution in [0, 0.1) is 5.82 Å². The molecule has 1 aliphatic heterocycles. The monoisotopic (exact) mass is 521 g/mol. The first-order valence-electron chi connectivity index (χ1n) is 12.3. The summed E-state index contributed by atoms with van der Waals surface area (Å²) in [7, 11) is 0. The Bertz CT molecular complexity index is 1470. The summed E-state index contributed by atoms with van der Waals surface area (Å²) in [5.41, 5.74) is 1.95. The van der Waals surface area contributed by atoms with Gasteiger partial charge in [-0.15, -0.1) is 0 Å². The third kappa shape index (κ3) is 5.75. The number of amides is 1. The number of ether oxygens (including phenoxy) is 1. The zero-order valence-electron chi connectivity index (χ0n) is 20.9. The quantitative estimate of drug-likeness (QED) is 0.370. The maximum Gasteiger partial charge on any atom is 0.263 e. The predicted molar refractivity (Wildman–Crippen MR) is 138 cm³/mol. The minimum Gasteiger partial charge on any atom is -0.372 e. The van der Waals surface area contributed by atoms with E-state index in [-0.39, 0.29) is 29.9 Å². The summed E-state index contributed by atoms with van der Waals surface area (Å²) in [5.74, 6) is -0.370. The highest BCUT2D eigenvalue weighted by Gasteiger charge is 2.24. The lowest BCUT2D eigenvalue weighted by molar-refractivity contribution is -0.00547. The van der Waals surface area contributed by atoms with Crippen LogP contribution in [-0.4, -0.2) is 46.2 Å². The van der Waals surface area contributed by atoms with Crippen molar-refractivity contribution >= 4 is 22.6 Å². The number of carbonyl (C=O) groups excluding carboxylic acids is 1. The van der Waals surface area contributed by atoms with Crippen molar-refractivity contribution in [2.24, 2.45) is 0 Å². The predicted octanol–water partition coefficient (Wildman–Crippen LogP) is 5.31. The SMILES string of the molecule is C[C@@H]1CN(c2cc(F)cc(-c3ccc4cnc(CNC(=O)c5cccc(C(F)F)c5)cc4n3)n2)C[C@H](C)O1. The molecule has 5 rings (SSSR count). The van der Waals surface area contributed by atoms with Crippen molar-refractivity contribution in [1.82, 2.24) is 20.3 Å². The highest BCUT2D eigenvalue weighted by atomic mass is 19.3. The fourth-order valence-corrected chi connectivity index (χ4v) is 4.53. The molecular formula is C28H26F3N5O2. The molecule has 0 radical (unpaired) electrons. The van der Waals surface area contributed by atoms with Gasteiger partial charge in [-0.05, 0) is 44.2 Å². The number of morpholine rings is 1. The molecule has 4 aromatic rings. The van der Waals surface area contributed by atoms with E-state index in [2.05, 4.69) is 20.3 Å². The molecule has 1 amide bonds. The first kappa shape index (κ1) is 25.6. The van der Waals surface area contributed by atoms with Gasteiger partial charge in [0, 0.05) is 47.9 Å². The molecule has 2 atom stereocenters. The van der Waals surface area contributed by atoms with E-state index in [0.717, 1.165) is 5.39 Å². The van der Waals surface area contributed by atoms with Gasteiger partial charge in [0.05, 0.1) is 41.4 Å². The largest absolute Gasteiger partial charge is 0.372 e. The van der Waals surface area contributed by atoms with Crippen LogP contribution in [0.4, 0.5) is 19.0 Å². The van der Waals surface area contributed by atoms with Crippen molar-refractivity contribution in [1.29, 1.82) is 0 Å². The molecule has 10 heteroatoms. The number of nitrogens with one attached hydrogen (secondary N) is 1. The van der Waals surface area contributed by atoms with Gasteiger partial charge in [0.25, 0.3) is 12.3 Å². The van der Waals surface area contributed by atoms with Crippen molar-refractivity contribution in [3.8, 4) is 11.4 Å². The average Bonchev–Trinajstić information content (AvgIpc) is 2.90. The Kier molecular flexibility index (Phi) is 7.24. The Morgan fingerprint density at radius 3 is 2.61 bits per heavy atom. The molecule has 1 aliphatic rings.